The largest absolute Gasteiger partial charge is 0.385 e. The summed E-state index contributed by atoms with van der Waals surface area (Å²) in [4.78, 5) is 24.5. The monoisotopic (exact) mass is 346 g/mol. The lowest BCUT2D eigenvalue weighted by molar-refractivity contribution is -0.130. The van der Waals surface area contributed by atoms with Crippen LogP contribution in [-0.4, -0.2) is 32.1 Å². The Hall–Kier alpha value is -1.88. The van der Waals surface area contributed by atoms with Crippen LogP contribution in [0.1, 0.15) is 51.5 Å². The van der Waals surface area contributed by atoms with E-state index in [9.17, 15) is 9.59 Å². The number of carbonyl (C=O) groups excluding carboxylic acids is 2. The number of nitrogens with one attached hydrogen (secondary N) is 2. The van der Waals surface area contributed by atoms with Gasteiger partial charge >= 0.3 is 0 Å². The Labute approximate surface area is 150 Å². The lowest BCUT2D eigenvalue weighted by Gasteiger charge is -2.40. The topological polar surface area (TPSA) is 67.4 Å². The highest BCUT2D eigenvalue weighted by atomic mass is 16.5. The molecule has 0 aromatic heterocycles. The van der Waals surface area contributed by atoms with E-state index in [-0.39, 0.29) is 11.8 Å². The van der Waals surface area contributed by atoms with E-state index in [0.29, 0.717) is 25.5 Å². The van der Waals surface area contributed by atoms with E-state index in [0.717, 1.165) is 36.9 Å². The summed E-state index contributed by atoms with van der Waals surface area (Å²) in [5, 5.41) is 5.95. The van der Waals surface area contributed by atoms with Gasteiger partial charge in [-0.15, -0.1) is 0 Å². The second-order valence-electron chi connectivity index (χ2n) is 7.26. The van der Waals surface area contributed by atoms with Gasteiger partial charge in [-0.2, -0.15) is 0 Å². The molecule has 1 saturated carbocycles. The quantitative estimate of drug-likeness (QED) is 0.675. The number of hydrogen-bond donors (Lipinski definition) is 2. The average Bonchev–Trinajstić information content (AvgIpc) is 2.51. The molecule has 1 aliphatic rings. The SMILES string of the molecule is COCCCNC(=O)C1(c2ccc(NC(=O)CC(C)C)cc2)CCC1. The first-order chi connectivity index (χ1) is 12.0. The fourth-order valence-electron chi connectivity index (χ4n) is 3.22. The zero-order valence-electron chi connectivity index (χ0n) is 15.6. The standard InChI is InChI=1S/C20H30N2O3/c1-15(2)14-18(23)22-17-8-6-16(7-9-17)20(10-4-11-20)19(24)21-12-5-13-25-3/h6-9,15H,4-5,10-14H2,1-3H3,(H,21,24)(H,22,23). The third-order valence-corrected chi connectivity index (χ3v) is 4.77. The zero-order valence-corrected chi connectivity index (χ0v) is 15.6. The molecule has 0 spiro atoms. The van der Waals surface area contributed by atoms with Crippen molar-refractivity contribution in [2.24, 2.45) is 5.92 Å². The molecule has 2 amide bonds. The lowest BCUT2D eigenvalue weighted by atomic mass is 9.64. The lowest BCUT2D eigenvalue weighted by Crippen LogP contribution is -2.49. The number of carbonyl (C=O) groups is 2. The molecule has 1 fully saturated rings. The maximum absolute atomic E-state index is 12.7. The van der Waals surface area contributed by atoms with E-state index in [1.165, 1.54) is 0 Å². The first kappa shape index (κ1) is 19.4. The summed E-state index contributed by atoms with van der Waals surface area (Å²) < 4.78 is 5.02. The fourth-order valence-corrected chi connectivity index (χ4v) is 3.22. The van der Waals surface area contributed by atoms with Crippen molar-refractivity contribution >= 4 is 17.5 Å². The Morgan fingerprint density at radius 3 is 2.40 bits per heavy atom. The highest BCUT2D eigenvalue weighted by Gasteiger charge is 2.45. The van der Waals surface area contributed by atoms with Crippen molar-refractivity contribution in [2.45, 2.75) is 51.4 Å². The minimum Gasteiger partial charge on any atom is -0.385 e. The Morgan fingerprint density at radius 1 is 1.20 bits per heavy atom. The summed E-state index contributed by atoms with van der Waals surface area (Å²) >= 11 is 0. The van der Waals surface area contributed by atoms with Crippen LogP contribution in [0.2, 0.25) is 0 Å². The summed E-state index contributed by atoms with van der Waals surface area (Å²) in [5.41, 5.74) is 1.40. The molecular weight excluding hydrogens is 316 g/mol. The first-order valence-electron chi connectivity index (χ1n) is 9.15. The molecule has 2 N–H and O–H groups in total. The minimum absolute atomic E-state index is 0.0250. The van der Waals surface area contributed by atoms with Gasteiger partial charge in [0.05, 0.1) is 5.41 Å². The predicted molar refractivity (Wildman–Crippen MR) is 99.6 cm³/mol. The number of ether oxygens (including phenoxy) is 1. The highest BCUT2D eigenvalue weighted by molar-refractivity contribution is 5.91. The van der Waals surface area contributed by atoms with Crippen molar-refractivity contribution < 1.29 is 14.3 Å². The maximum Gasteiger partial charge on any atom is 0.230 e. The molecule has 0 heterocycles. The van der Waals surface area contributed by atoms with Gasteiger partial charge < -0.3 is 15.4 Å². The van der Waals surface area contributed by atoms with Gasteiger partial charge in [-0.05, 0) is 42.9 Å². The zero-order chi connectivity index (χ0) is 18.3. The number of rotatable bonds is 9. The van der Waals surface area contributed by atoms with E-state index >= 15 is 0 Å². The maximum atomic E-state index is 12.7. The highest BCUT2D eigenvalue weighted by Crippen LogP contribution is 2.44. The molecule has 1 aromatic carbocycles. The second kappa shape index (κ2) is 8.99. The number of anilines is 1. The molecule has 25 heavy (non-hydrogen) atoms. The van der Waals surface area contributed by atoms with Gasteiger partial charge in [0.25, 0.3) is 0 Å². The van der Waals surface area contributed by atoms with Crippen molar-refractivity contribution in [1.82, 2.24) is 5.32 Å². The van der Waals surface area contributed by atoms with Crippen molar-refractivity contribution in [3.63, 3.8) is 0 Å². The van der Waals surface area contributed by atoms with E-state index in [1.807, 2.05) is 38.1 Å². The Bertz CT molecular complexity index is 577. The Balaban J connectivity index is 1.98. The van der Waals surface area contributed by atoms with Crippen molar-refractivity contribution in [1.29, 1.82) is 0 Å². The average molecular weight is 346 g/mol. The van der Waals surface area contributed by atoms with Gasteiger partial charge in [-0.3, -0.25) is 9.59 Å². The van der Waals surface area contributed by atoms with Crippen LogP contribution in [-0.2, 0) is 19.7 Å². The van der Waals surface area contributed by atoms with Crippen LogP contribution in [0.4, 0.5) is 5.69 Å². The third-order valence-electron chi connectivity index (χ3n) is 4.77. The molecule has 0 radical (unpaired) electrons. The van der Waals surface area contributed by atoms with E-state index in [1.54, 1.807) is 7.11 Å². The van der Waals surface area contributed by atoms with Gasteiger partial charge in [-0.25, -0.2) is 0 Å². The van der Waals surface area contributed by atoms with Gasteiger partial charge in [0.1, 0.15) is 0 Å². The van der Waals surface area contributed by atoms with Gasteiger partial charge in [0.15, 0.2) is 0 Å². The number of methoxy groups -OCH3 is 1. The molecule has 5 nitrogen and oxygen atoms in total. The molecule has 1 aromatic rings. The fraction of sp³-hybridized carbons (Fsp3) is 0.600. The Morgan fingerprint density at radius 2 is 1.88 bits per heavy atom. The van der Waals surface area contributed by atoms with Crippen LogP contribution < -0.4 is 10.6 Å². The van der Waals surface area contributed by atoms with Crippen molar-refractivity contribution in [3.8, 4) is 0 Å². The van der Waals surface area contributed by atoms with Crippen LogP contribution in [0.5, 0.6) is 0 Å². The number of hydrogen-bond acceptors (Lipinski definition) is 3. The van der Waals surface area contributed by atoms with Gasteiger partial charge in [0, 0.05) is 32.4 Å². The van der Waals surface area contributed by atoms with Gasteiger partial charge in [0.2, 0.25) is 11.8 Å². The molecule has 0 atom stereocenters. The molecule has 0 saturated heterocycles. The van der Waals surface area contributed by atoms with E-state index in [4.69, 9.17) is 4.74 Å². The predicted octanol–water partition coefficient (Wildman–Crippen LogP) is 3.25. The van der Waals surface area contributed by atoms with Crippen LogP contribution in [0.15, 0.2) is 24.3 Å². The van der Waals surface area contributed by atoms with Crippen molar-refractivity contribution in [2.75, 3.05) is 25.6 Å². The molecule has 0 unspecified atom stereocenters. The third kappa shape index (κ3) is 5.05. The molecule has 2 rings (SSSR count). The molecule has 5 heteroatoms. The molecule has 138 valence electrons. The summed E-state index contributed by atoms with van der Waals surface area (Å²) in [6, 6.07) is 7.73. The first-order valence-corrected chi connectivity index (χ1v) is 9.15. The summed E-state index contributed by atoms with van der Waals surface area (Å²) in [6.07, 6.45) is 4.15. The minimum atomic E-state index is -0.409. The van der Waals surface area contributed by atoms with Crippen molar-refractivity contribution in [3.05, 3.63) is 29.8 Å². The van der Waals surface area contributed by atoms with Crippen LogP contribution >= 0.6 is 0 Å². The number of benzene rings is 1. The van der Waals surface area contributed by atoms with Crippen LogP contribution in [0, 0.1) is 5.92 Å². The molecular formula is C20H30N2O3. The summed E-state index contributed by atoms with van der Waals surface area (Å²) in [7, 11) is 1.66. The summed E-state index contributed by atoms with van der Waals surface area (Å²) in [6.45, 7) is 5.33. The number of amides is 2. The second-order valence-corrected chi connectivity index (χ2v) is 7.26. The Kier molecular flexibility index (Phi) is 7.00. The molecule has 0 aliphatic heterocycles. The van der Waals surface area contributed by atoms with E-state index in [2.05, 4.69) is 10.6 Å². The van der Waals surface area contributed by atoms with E-state index < -0.39 is 5.41 Å². The molecule has 0 bridgehead atoms. The normalized spacial score (nSPS) is 15.5. The smallest absolute Gasteiger partial charge is 0.230 e. The molecule has 1 aliphatic carbocycles. The van der Waals surface area contributed by atoms with Crippen LogP contribution in [0.3, 0.4) is 0 Å². The van der Waals surface area contributed by atoms with Crippen LogP contribution in [0.25, 0.3) is 0 Å². The summed E-state index contributed by atoms with van der Waals surface area (Å²) in [5.74, 6) is 0.461. The van der Waals surface area contributed by atoms with Gasteiger partial charge in [-0.1, -0.05) is 32.4 Å².